The Hall–Kier alpha value is -2.74. The number of ether oxygens (including phenoxy) is 1. The van der Waals surface area contributed by atoms with Gasteiger partial charge in [-0.1, -0.05) is 31.2 Å². The van der Waals surface area contributed by atoms with Gasteiger partial charge in [0.15, 0.2) is 5.82 Å². The zero-order valence-corrected chi connectivity index (χ0v) is 16.4. The van der Waals surface area contributed by atoms with Crippen LogP contribution in [0.1, 0.15) is 36.5 Å². The molecular weight excluding hydrogens is 376 g/mol. The maximum absolute atomic E-state index is 13.4. The monoisotopic (exact) mass is 401 g/mol. The normalized spacial score (nSPS) is 16.5. The van der Waals surface area contributed by atoms with Crippen molar-refractivity contribution < 1.29 is 13.5 Å². The number of halogens is 2. The first kappa shape index (κ1) is 19.6. The molecule has 3 heterocycles. The average Bonchev–Trinajstić information content (AvgIpc) is 3.24. The van der Waals surface area contributed by atoms with Crippen LogP contribution in [0.2, 0.25) is 0 Å². The molecule has 4 rings (SSSR count). The molecule has 29 heavy (non-hydrogen) atoms. The first-order valence-electron chi connectivity index (χ1n) is 9.88. The Balaban J connectivity index is 1.47. The largest absolute Gasteiger partial charge is 0.463 e. The van der Waals surface area contributed by atoms with Gasteiger partial charge in [-0.3, -0.25) is 4.90 Å². The standard InChI is InChI=1S/C21H25F2N5O/c1-2-9-29-20-26-17-16(11-25-18(17)19(24)27-20)10-14-3-5-15(6-4-14)12-28-8-7-21(22,23)13-28/h3-6,11,25H,2,7-10,12-13H2,1H3,(H2,24,26,27). The number of hydrogen-bond donors (Lipinski definition) is 2. The van der Waals surface area contributed by atoms with Crippen LogP contribution < -0.4 is 10.5 Å². The third kappa shape index (κ3) is 4.48. The molecule has 3 aromatic rings. The lowest BCUT2D eigenvalue weighted by atomic mass is 10.0. The molecule has 1 fully saturated rings. The van der Waals surface area contributed by atoms with Crippen molar-refractivity contribution in [3.8, 4) is 6.01 Å². The number of nitrogens with zero attached hydrogens (tertiary/aromatic N) is 3. The number of nitrogens with one attached hydrogen (secondary N) is 1. The Kier molecular flexibility index (Phi) is 5.36. The van der Waals surface area contributed by atoms with Crippen LogP contribution in [-0.4, -0.2) is 45.5 Å². The van der Waals surface area contributed by atoms with Crippen molar-refractivity contribution in [3.63, 3.8) is 0 Å². The van der Waals surface area contributed by atoms with Crippen LogP contribution in [0, 0.1) is 0 Å². The lowest BCUT2D eigenvalue weighted by Gasteiger charge is -2.15. The zero-order valence-electron chi connectivity index (χ0n) is 16.4. The van der Waals surface area contributed by atoms with Crippen molar-refractivity contribution in [2.24, 2.45) is 0 Å². The van der Waals surface area contributed by atoms with Crippen molar-refractivity contribution in [2.75, 3.05) is 25.4 Å². The van der Waals surface area contributed by atoms with Gasteiger partial charge >= 0.3 is 6.01 Å². The van der Waals surface area contributed by atoms with E-state index in [0.717, 1.165) is 28.6 Å². The summed E-state index contributed by atoms with van der Waals surface area (Å²) in [4.78, 5) is 13.6. The smallest absolute Gasteiger partial charge is 0.319 e. The van der Waals surface area contributed by atoms with Crippen LogP contribution in [0.25, 0.3) is 11.0 Å². The van der Waals surface area contributed by atoms with Gasteiger partial charge in [-0.15, -0.1) is 0 Å². The molecule has 0 unspecified atom stereocenters. The second-order valence-corrected chi connectivity index (χ2v) is 7.59. The molecule has 0 saturated carbocycles. The van der Waals surface area contributed by atoms with Gasteiger partial charge in [0.1, 0.15) is 11.0 Å². The highest BCUT2D eigenvalue weighted by atomic mass is 19.3. The van der Waals surface area contributed by atoms with Gasteiger partial charge in [0, 0.05) is 37.7 Å². The number of aromatic nitrogens is 3. The number of nitrogens with two attached hydrogens (primary N) is 1. The Morgan fingerprint density at radius 3 is 2.66 bits per heavy atom. The molecule has 6 nitrogen and oxygen atoms in total. The van der Waals surface area contributed by atoms with E-state index in [2.05, 4.69) is 15.0 Å². The van der Waals surface area contributed by atoms with E-state index in [9.17, 15) is 8.78 Å². The number of likely N-dealkylation sites (tertiary alicyclic amines) is 1. The van der Waals surface area contributed by atoms with Crippen LogP contribution in [-0.2, 0) is 13.0 Å². The number of fused-ring (bicyclic) bond motifs is 1. The quantitative estimate of drug-likeness (QED) is 0.630. The van der Waals surface area contributed by atoms with Crippen LogP contribution in [0.3, 0.4) is 0 Å². The minimum atomic E-state index is -2.56. The van der Waals surface area contributed by atoms with E-state index in [-0.39, 0.29) is 19.0 Å². The SMILES string of the molecule is CCCOc1nc(N)c2[nH]cc(Cc3ccc(CN4CCC(F)(F)C4)cc3)c2n1. The van der Waals surface area contributed by atoms with E-state index in [0.29, 0.717) is 37.5 Å². The molecule has 1 aromatic carbocycles. The van der Waals surface area contributed by atoms with Crippen LogP contribution in [0.4, 0.5) is 14.6 Å². The number of benzene rings is 1. The van der Waals surface area contributed by atoms with Crippen molar-refractivity contribution in [3.05, 3.63) is 47.2 Å². The van der Waals surface area contributed by atoms with Gasteiger partial charge in [-0.05, 0) is 17.5 Å². The highest BCUT2D eigenvalue weighted by Crippen LogP contribution is 2.28. The van der Waals surface area contributed by atoms with E-state index < -0.39 is 5.92 Å². The second kappa shape index (κ2) is 7.94. The fraction of sp³-hybridized carbons (Fsp3) is 0.429. The summed E-state index contributed by atoms with van der Waals surface area (Å²) in [6.45, 7) is 3.38. The van der Waals surface area contributed by atoms with Gasteiger partial charge in [0.25, 0.3) is 5.92 Å². The van der Waals surface area contributed by atoms with Crippen LogP contribution >= 0.6 is 0 Å². The third-order valence-corrected chi connectivity index (χ3v) is 5.12. The number of alkyl halides is 2. The molecule has 154 valence electrons. The Morgan fingerprint density at radius 2 is 1.97 bits per heavy atom. The van der Waals surface area contributed by atoms with Gasteiger partial charge in [-0.25, -0.2) is 8.78 Å². The first-order chi connectivity index (χ1) is 13.9. The van der Waals surface area contributed by atoms with Gasteiger partial charge < -0.3 is 15.5 Å². The predicted molar refractivity (Wildman–Crippen MR) is 108 cm³/mol. The molecule has 2 aromatic heterocycles. The molecule has 0 aliphatic carbocycles. The molecular formula is C21H25F2N5O. The van der Waals surface area contributed by atoms with Crippen molar-refractivity contribution in [1.82, 2.24) is 19.9 Å². The van der Waals surface area contributed by atoms with Gasteiger partial charge in [0.05, 0.1) is 13.2 Å². The highest BCUT2D eigenvalue weighted by molar-refractivity contribution is 5.87. The summed E-state index contributed by atoms with van der Waals surface area (Å²) in [5.74, 6) is -2.19. The van der Waals surface area contributed by atoms with Crippen molar-refractivity contribution in [2.45, 2.75) is 38.7 Å². The topological polar surface area (TPSA) is 80.1 Å². The van der Waals surface area contributed by atoms with Crippen molar-refractivity contribution in [1.29, 1.82) is 0 Å². The molecule has 0 bridgehead atoms. The lowest BCUT2D eigenvalue weighted by Crippen LogP contribution is -2.24. The maximum Gasteiger partial charge on any atom is 0.319 e. The van der Waals surface area contributed by atoms with E-state index in [1.807, 2.05) is 37.4 Å². The summed E-state index contributed by atoms with van der Waals surface area (Å²) in [7, 11) is 0. The summed E-state index contributed by atoms with van der Waals surface area (Å²) in [5, 5.41) is 0. The summed E-state index contributed by atoms with van der Waals surface area (Å²) in [6.07, 6.45) is 3.37. The fourth-order valence-electron chi connectivity index (χ4n) is 3.63. The first-order valence-corrected chi connectivity index (χ1v) is 9.88. The Bertz CT molecular complexity index is 987. The number of hydrogen-bond acceptors (Lipinski definition) is 5. The molecule has 8 heteroatoms. The number of rotatable bonds is 7. The van der Waals surface area contributed by atoms with E-state index >= 15 is 0 Å². The lowest BCUT2D eigenvalue weighted by molar-refractivity contribution is 0.0115. The maximum atomic E-state index is 13.4. The molecule has 1 saturated heterocycles. The average molecular weight is 401 g/mol. The number of anilines is 1. The van der Waals surface area contributed by atoms with Crippen molar-refractivity contribution >= 4 is 16.9 Å². The van der Waals surface area contributed by atoms with E-state index in [4.69, 9.17) is 10.5 Å². The highest BCUT2D eigenvalue weighted by Gasteiger charge is 2.37. The number of aromatic amines is 1. The zero-order chi connectivity index (χ0) is 20.4. The molecule has 1 aliphatic heterocycles. The number of nitrogen functional groups attached to an aromatic ring is 1. The van der Waals surface area contributed by atoms with Crippen LogP contribution in [0.5, 0.6) is 6.01 Å². The Morgan fingerprint density at radius 1 is 1.21 bits per heavy atom. The minimum Gasteiger partial charge on any atom is -0.463 e. The summed E-state index contributed by atoms with van der Waals surface area (Å²) in [5.41, 5.74) is 10.6. The predicted octanol–water partition coefficient (Wildman–Crippen LogP) is 3.76. The molecule has 3 N–H and O–H groups in total. The van der Waals surface area contributed by atoms with Gasteiger partial charge in [0.2, 0.25) is 0 Å². The number of H-pyrrole nitrogens is 1. The van der Waals surface area contributed by atoms with E-state index in [1.165, 1.54) is 0 Å². The van der Waals surface area contributed by atoms with E-state index in [1.54, 1.807) is 4.90 Å². The van der Waals surface area contributed by atoms with Crippen LogP contribution in [0.15, 0.2) is 30.5 Å². The minimum absolute atomic E-state index is 0.0550. The molecule has 0 spiro atoms. The molecule has 0 amide bonds. The molecule has 0 atom stereocenters. The summed E-state index contributed by atoms with van der Waals surface area (Å²) >= 11 is 0. The van der Waals surface area contributed by atoms with Gasteiger partial charge in [-0.2, -0.15) is 9.97 Å². The molecule has 0 radical (unpaired) electrons. The summed E-state index contributed by atoms with van der Waals surface area (Å²) < 4.78 is 32.2. The summed E-state index contributed by atoms with van der Waals surface area (Å²) in [6, 6.07) is 8.35. The second-order valence-electron chi connectivity index (χ2n) is 7.59. The molecule has 1 aliphatic rings. The Labute approximate surface area is 168 Å². The fourth-order valence-corrected chi connectivity index (χ4v) is 3.63. The third-order valence-electron chi connectivity index (χ3n) is 5.12.